The number of nitrogens with zero attached hydrogens (tertiary/aromatic N) is 2. The Kier molecular flexibility index (Phi) is 4.82. The molecule has 0 aromatic carbocycles. The first kappa shape index (κ1) is 15.8. The number of hydrogen-bond donors (Lipinski definition) is 1. The second kappa shape index (κ2) is 6.43. The Hall–Kier alpha value is -1.63. The summed E-state index contributed by atoms with van der Waals surface area (Å²) < 4.78 is 22.6. The van der Waals surface area contributed by atoms with Crippen LogP contribution < -0.4 is 0 Å². The van der Waals surface area contributed by atoms with Gasteiger partial charge in [-0.2, -0.15) is 5.10 Å². The minimum absolute atomic E-state index is 0.0390. The molecular formula is C14H21N3O3S. The van der Waals surface area contributed by atoms with Crippen LogP contribution in [-0.4, -0.2) is 42.2 Å². The maximum absolute atomic E-state index is 12.1. The molecule has 0 fully saturated rings. The number of nitrogens with one attached hydrogen (secondary N) is 1. The van der Waals surface area contributed by atoms with E-state index in [9.17, 15) is 13.2 Å². The topological polar surface area (TPSA) is 83.1 Å². The number of H-pyrrole nitrogens is 1. The molecule has 21 heavy (non-hydrogen) atoms. The number of aromatic amines is 1. The van der Waals surface area contributed by atoms with Gasteiger partial charge in [-0.3, -0.25) is 9.89 Å². The van der Waals surface area contributed by atoms with E-state index in [0.29, 0.717) is 6.54 Å². The third-order valence-electron chi connectivity index (χ3n) is 3.46. The van der Waals surface area contributed by atoms with Crippen molar-refractivity contribution in [1.29, 1.82) is 0 Å². The number of aryl methyl sites for hydroxylation is 1. The maximum atomic E-state index is 12.1. The molecule has 0 unspecified atom stereocenters. The van der Waals surface area contributed by atoms with Crippen molar-refractivity contribution in [1.82, 2.24) is 15.1 Å². The third kappa shape index (κ3) is 4.42. The van der Waals surface area contributed by atoms with Gasteiger partial charge in [0.05, 0.1) is 23.7 Å². The Balaban J connectivity index is 1.86. The number of rotatable bonds is 6. The van der Waals surface area contributed by atoms with E-state index in [1.807, 2.05) is 6.07 Å². The zero-order chi connectivity index (χ0) is 15.5. The Morgan fingerprint density at radius 2 is 2.29 bits per heavy atom. The van der Waals surface area contributed by atoms with Crippen LogP contribution in [0, 0.1) is 5.92 Å². The summed E-state index contributed by atoms with van der Waals surface area (Å²) in [5.74, 6) is -0.229. The molecule has 1 aliphatic heterocycles. The van der Waals surface area contributed by atoms with Crippen LogP contribution in [0.2, 0.25) is 0 Å². The molecule has 0 bridgehead atoms. The van der Waals surface area contributed by atoms with Gasteiger partial charge in [0.15, 0.2) is 9.84 Å². The summed E-state index contributed by atoms with van der Waals surface area (Å²) in [6.45, 7) is 2.55. The van der Waals surface area contributed by atoms with Crippen molar-refractivity contribution in [2.24, 2.45) is 5.92 Å². The highest BCUT2D eigenvalue weighted by atomic mass is 32.2. The largest absolute Gasteiger partial charge is 0.340 e. The fourth-order valence-electron chi connectivity index (χ4n) is 2.37. The van der Waals surface area contributed by atoms with Gasteiger partial charge >= 0.3 is 0 Å². The summed E-state index contributed by atoms with van der Waals surface area (Å²) in [5, 5.41) is 8.32. The number of carbonyl (C=O) groups is 1. The van der Waals surface area contributed by atoms with Crippen LogP contribution >= 0.6 is 0 Å². The van der Waals surface area contributed by atoms with Crippen molar-refractivity contribution in [2.75, 3.05) is 12.8 Å². The van der Waals surface area contributed by atoms with Crippen LogP contribution in [0.3, 0.4) is 0 Å². The summed E-state index contributed by atoms with van der Waals surface area (Å²) in [4.78, 5) is 13.7. The predicted octanol–water partition coefficient (Wildman–Crippen LogP) is 1.27. The fourth-order valence-corrected chi connectivity index (χ4v) is 3.76. The summed E-state index contributed by atoms with van der Waals surface area (Å²) >= 11 is 0. The van der Waals surface area contributed by atoms with Crippen LogP contribution in [0.25, 0.3) is 0 Å². The van der Waals surface area contributed by atoms with Gasteiger partial charge in [0.2, 0.25) is 5.91 Å². The number of carbonyl (C=O) groups excluding carboxylic acids is 1. The smallest absolute Gasteiger partial charge is 0.223 e. The Morgan fingerprint density at radius 1 is 1.52 bits per heavy atom. The Labute approximate surface area is 125 Å². The van der Waals surface area contributed by atoms with Gasteiger partial charge in [0.1, 0.15) is 0 Å². The van der Waals surface area contributed by atoms with E-state index in [1.165, 1.54) is 5.41 Å². The molecule has 0 aliphatic carbocycles. The number of sulfone groups is 1. The van der Waals surface area contributed by atoms with E-state index in [4.69, 9.17) is 0 Å². The lowest BCUT2D eigenvalue weighted by atomic mass is 10.1. The van der Waals surface area contributed by atoms with E-state index in [1.54, 1.807) is 18.0 Å². The normalized spacial score (nSPS) is 19.8. The average molecular weight is 311 g/mol. The van der Waals surface area contributed by atoms with Crippen molar-refractivity contribution >= 4 is 15.7 Å². The first-order chi connectivity index (χ1) is 9.89. The number of amides is 1. The van der Waals surface area contributed by atoms with E-state index in [-0.39, 0.29) is 24.0 Å². The standard InChI is InChI=1S/C14H21N3O3S/c1-3-4-12-8-13(16-15-12)9-17(2)14(18)7-11-5-6-21(19,20)10-11/h5-6,8,11H,3-4,7,9-10H2,1-2H3,(H,15,16)/t11-/m0/s1. The fraction of sp³-hybridized carbons (Fsp3) is 0.571. The Morgan fingerprint density at radius 3 is 2.90 bits per heavy atom. The number of aromatic nitrogens is 2. The molecule has 6 nitrogen and oxygen atoms in total. The SMILES string of the molecule is CCCc1cc(CN(C)C(=O)C[C@@H]2C=CS(=O)(=O)C2)[nH]n1. The zero-order valence-corrected chi connectivity index (χ0v) is 13.2. The lowest BCUT2D eigenvalue weighted by Gasteiger charge is -2.17. The molecule has 2 rings (SSSR count). The molecule has 0 saturated carbocycles. The highest BCUT2D eigenvalue weighted by molar-refractivity contribution is 7.94. The Bertz CT molecular complexity index is 634. The molecule has 2 heterocycles. The summed E-state index contributed by atoms with van der Waals surface area (Å²) in [6.07, 6.45) is 3.78. The number of hydrogen-bond acceptors (Lipinski definition) is 4. The van der Waals surface area contributed by atoms with Gasteiger partial charge in [-0.1, -0.05) is 19.4 Å². The minimum Gasteiger partial charge on any atom is -0.340 e. The maximum Gasteiger partial charge on any atom is 0.223 e. The van der Waals surface area contributed by atoms with Crippen LogP contribution in [0.1, 0.15) is 31.2 Å². The van der Waals surface area contributed by atoms with E-state index in [2.05, 4.69) is 17.1 Å². The molecule has 1 aliphatic rings. The van der Waals surface area contributed by atoms with Crippen LogP contribution in [0.4, 0.5) is 0 Å². The monoisotopic (exact) mass is 311 g/mol. The molecule has 1 aromatic rings. The quantitative estimate of drug-likeness (QED) is 0.857. The van der Waals surface area contributed by atoms with Crippen LogP contribution in [-0.2, 0) is 27.6 Å². The molecule has 0 saturated heterocycles. The van der Waals surface area contributed by atoms with Gasteiger partial charge in [0, 0.05) is 24.8 Å². The molecule has 1 amide bonds. The van der Waals surface area contributed by atoms with Crippen molar-refractivity contribution in [3.63, 3.8) is 0 Å². The highest BCUT2D eigenvalue weighted by Gasteiger charge is 2.25. The summed E-state index contributed by atoms with van der Waals surface area (Å²) in [5.41, 5.74) is 1.89. The third-order valence-corrected chi connectivity index (χ3v) is 4.93. The van der Waals surface area contributed by atoms with Gasteiger partial charge < -0.3 is 4.90 Å². The minimum atomic E-state index is -3.10. The second-order valence-corrected chi connectivity index (χ2v) is 7.44. The first-order valence-electron chi connectivity index (χ1n) is 7.07. The molecule has 1 N–H and O–H groups in total. The predicted molar refractivity (Wildman–Crippen MR) is 80.1 cm³/mol. The average Bonchev–Trinajstić information content (AvgIpc) is 2.96. The van der Waals surface area contributed by atoms with E-state index >= 15 is 0 Å². The second-order valence-electron chi connectivity index (χ2n) is 5.51. The molecule has 0 radical (unpaired) electrons. The van der Waals surface area contributed by atoms with Gasteiger partial charge in [0.25, 0.3) is 0 Å². The van der Waals surface area contributed by atoms with Gasteiger partial charge in [-0.05, 0) is 12.5 Å². The van der Waals surface area contributed by atoms with Gasteiger partial charge in [-0.15, -0.1) is 0 Å². The molecule has 1 aromatic heterocycles. The highest BCUT2D eigenvalue weighted by Crippen LogP contribution is 2.19. The summed E-state index contributed by atoms with van der Waals surface area (Å²) in [6, 6.07) is 1.97. The van der Waals surface area contributed by atoms with Crippen molar-refractivity contribution in [2.45, 2.75) is 32.7 Å². The lowest BCUT2D eigenvalue weighted by molar-refractivity contribution is -0.131. The number of allylic oxidation sites excluding steroid dienone is 1. The van der Waals surface area contributed by atoms with Crippen molar-refractivity contribution in [3.8, 4) is 0 Å². The van der Waals surface area contributed by atoms with Gasteiger partial charge in [-0.25, -0.2) is 8.42 Å². The zero-order valence-electron chi connectivity index (χ0n) is 12.4. The lowest BCUT2D eigenvalue weighted by Crippen LogP contribution is -2.28. The molecule has 7 heteroatoms. The first-order valence-corrected chi connectivity index (χ1v) is 8.79. The van der Waals surface area contributed by atoms with Crippen LogP contribution in [0.15, 0.2) is 17.6 Å². The molecule has 0 spiro atoms. The van der Waals surface area contributed by atoms with Crippen LogP contribution in [0.5, 0.6) is 0 Å². The van der Waals surface area contributed by atoms with Crippen molar-refractivity contribution in [3.05, 3.63) is 28.9 Å². The van der Waals surface area contributed by atoms with Crippen molar-refractivity contribution < 1.29 is 13.2 Å². The molecule has 1 atom stereocenters. The van der Waals surface area contributed by atoms with E-state index < -0.39 is 9.84 Å². The molecular weight excluding hydrogens is 290 g/mol. The summed E-state index contributed by atoms with van der Waals surface area (Å²) in [7, 11) is -1.38. The molecule has 116 valence electrons. The van der Waals surface area contributed by atoms with E-state index in [0.717, 1.165) is 24.2 Å².